The van der Waals surface area contributed by atoms with Gasteiger partial charge < -0.3 is 9.47 Å². The number of allylic oxidation sites excluding steroid dienone is 1. The summed E-state index contributed by atoms with van der Waals surface area (Å²) in [5.41, 5.74) is 0. The number of rotatable bonds is 16. The molecule has 0 aromatic carbocycles. The molecule has 136 valence electrons. The average molecular weight is 327 g/mol. The molecule has 0 saturated heterocycles. The maximum Gasteiger partial charge on any atom is 0.305 e. The van der Waals surface area contributed by atoms with Crippen LogP contribution >= 0.6 is 0 Å². The second-order valence-electron chi connectivity index (χ2n) is 6.30. The Labute approximate surface area is 143 Å². The molecule has 23 heavy (non-hydrogen) atoms. The van der Waals surface area contributed by atoms with Crippen LogP contribution in [0.5, 0.6) is 0 Å². The van der Waals surface area contributed by atoms with Crippen LogP contribution < -0.4 is 0 Å². The highest BCUT2D eigenvalue weighted by molar-refractivity contribution is 5.68. The van der Waals surface area contributed by atoms with Gasteiger partial charge in [0, 0.05) is 13.5 Å². The zero-order valence-electron chi connectivity index (χ0n) is 15.6. The Morgan fingerprint density at radius 3 is 2.30 bits per heavy atom. The van der Waals surface area contributed by atoms with Crippen molar-refractivity contribution in [1.29, 1.82) is 0 Å². The lowest BCUT2D eigenvalue weighted by atomic mass is 10.1. The third kappa shape index (κ3) is 15.8. The molecule has 0 radical (unpaired) electrons. The van der Waals surface area contributed by atoms with Gasteiger partial charge in [0.2, 0.25) is 0 Å². The van der Waals surface area contributed by atoms with Gasteiger partial charge in [-0.05, 0) is 32.1 Å². The van der Waals surface area contributed by atoms with Gasteiger partial charge in [0.15, 0.2) is 0 Å². The fourth-order valence-corrected chi connectivity index (χ4v) is 2.66. The van der Waals surface area contributed by atoms with Gasteiger partial charge in [-0.25, -0.2) is 0 Å². The van der Waals surface area contributed by atoms with Crippen molar-refractivity contribution in [2.45, 2.75) is 96.5 Å². The van der Waals surface area contributed by atoms with Gasteiger partial charge >= 0.3 is 5.97 Å². The SMILES string of the molecule is CCCCCC[C@@H](C/C=C\CCCCCCCC(=O)OC)OC. The summed E-state index contributed by atoms with van der Waals surface area (Å²) in [6, 6.07) is 0. The molecule has 0 spiro atoms. The maximum absolute atomic E-state index is 11.0. The van der Waals surface area contributed by atoms with Crippen molar-refractivity contribution in [1.82, 2.24) is 0 Å². The quantitative estimate of drug-likeness (QED) is 0.204. The Kier molecular flexibility index (Phi) is 16.9. The molecule has 0 aliphatic carbocycles. The molecule has 0 aromatic heterocycles. The van der Waals surface area contributed by atoms with Crippen LogP contribution in [-0.4, -0.2) is 26.3 Å². The molecule has 0 saturated carbocycles. The summed E-state index contributed by atoms with van der Waals surface area (Å²) in [6.45, 7) is 2.25. The van der Waals surface area contributed by atoms with Crippen LogP contribution in [0.1, 0.15) is 90.4 Å². The average Bonchev–Trinajstić information content (AvgIpc) is 2.57. The Balaban J connectivity index is 3.42. The molecule has 3 heteroatoms. The van der Waals surface area contributed by atoms with E-state index in [0.29, 0.717) is 12.5 Å². The minimum atomic E-state index is -0.0877. The van der Waals surface area contributed by atoms with Crippen LogP contribution in [0.3, 0.4) is 0 Å². The molecule has 0 amide bonds. The van der Waals surface area contributed by atoms with Crippen LogP contribution in [0.15, 0.2) is 12.2 Å². The van der Waals surface area contributed by atoms with Crippen molar-refractivity contribution in [2.24, 2.45) is 0 Å². The normalized spacial score (nSPS) is 12.7. The van der Waals surface area contributed by atoms with Crippen molar-refractivity contribution >= 4 is 5.97 Å². The van der Waals surface area contributed by atoms with Gasteiger partial charge in [0.25, 0.3) is 0 Å². The van der Waals surface area contributed by atoms with Crippen LogP contribution in [0.4, 0.5) is 0 Å². The highest BCUT2D eigenvalue weighted by atomic mass is 16.5. The summed E-state index contributed by atoms with van der Waals surface area (Å²) in [6.07, 6.45) is 19.9. The van der Waals surface area contributed by atoms with Gasteiger partial charge in [0.05, 0.1) is 13.2 Å². The van der Waals surface area contributed by atoms with Crippen molar-refractivity contribution in [3.05, 3.63) is 12.2 Å². The highest BCUT2D eigenvalue weighted by Crippen LogP contribution is 2.12. The van der Waals surface area contributed by atoms with Crippen molar-refractivity contribution in [3.63, 3.8) is 0 Å². The van der Waals surface area contributed by atoms with Crippen molar-refractivity contribution < 1.29 is 14.3 Å². The number of carbonyl (C=O) groups excluding carboxylic acids is 1. The summed E-state index contributed by atoms with van der Waals surface area (Å²) < 4.78 is 10.2. The summed E-state index contributed by atoms with van der Waals surface area (Å²) in [5.74, 6) is -0.0877. The van der Waals surface area contributed by atoms with E-state index in [2.05, 4.69) is 23.8 Å². The Morgan fingerprint density at radius 1 is 0.913 bits per heavy atom. The second-order valence-corrected chi connectivity index (χ2v) is 6.30. The van der Waals surface area contributed by atoms with Gasteiger partial charge in [-0.1, -0.05) is 64.0 Å². The molecule has 0 bridgehead atoms. The lowest BCUT2D eigenvalue weighted by Crippen LogP contribution is -2.08. The van der Waals surface area contributed by atoms with E-state index in [1.165, 1.54) is 58.5 Å². The van der Waals surface area contributed by atoms with E-state index in [1.807, 2.05) is 7.11 Å². The van der Waals surface area contributed by atoms with Gasteiger partial charge in [-0.15, -0.1) is 0 Å². The highest BCUT2D eigenvalue weighted by Gasteiger charge is 2.04. The van der Waals surface area contributed by atoms with Gasteiger partial charge in [0.1, 0.15) is 0 Å². The maximum atomic E-state index is 11.0. The first-order chi connectivity index (χ1) is 11.2. The lowest BCUT2D eigenvalue weighted by Gasteiger charge is -2.12. The van der Waals surface area contributed by atoms with E-state index >= 15 is 0 Å². The molecular formula is C20H38O3. The third-order valence-electron chi connectivity index (χ3n) is 4.26. The van der Waals surface area contributed by atoms with Crippen LogP contribution in [0.2, 0.25) is 0 Å². The van der Waals surface area contributed by atoms with E-state index in [1.54, 1.807) is 0 Å². The standard InChI is InChI=1S/C20H38O3/c1-4-5-6-13-16-19(22-2)17-14-11-9-7-8-10-12-15-18-20(21)23-3/h11,14,19H,4-10,12-13,15-18H2,1-3H3/b14-11-/t19-/m0/s1. The number of carbonyl (C=O) groups is 1. The minimum Gasteiger partial charge on any atom is -0.469 e. The Hall–Kier alpha value is -0.830. The zero-order chi connectivity index (χ0) is 17.2. The lowest BCUT2D eigenvalue weighted by molar-refractivity contribution is -0.140. The van der Waals surface area contributed by atoms with Gasteiger partial charge in [-0.3, -0.25) is 4.79 Å². The number of unbranched alkanes of at least 4 members (excludes halogenated alkanes) is 8. The number of methoxy groups -OCH3 is 2. The van der Waals surface area contributed by atoms with Gasteiger partial charge in [-0.2, -0.15) is 0 Å². The summed E-state index contributed by atoms with van der Waals surface area (Å²) in [4.78, 5) is 11.0. The Bertz CT molecular complexity index is 287. The fourth-order valence-electron chi connectivity index (χ4n) is 2.66. The third-order valence-corrected chi connectivity index (χ3v) is 4.26. The van der Waals surface area contributed by atoms with E-state index in [9.17, 15) is 4.79 Å². The molecule has 0 aromatic rings. The molecule has 0 fully saturated rings. The largest absolute Gasteiger partial charge is 0.469 e. The van der Waals surface area contributed by atoms with Crippen LogP contribution in [0.25, 0.3) is 0 Å². The predicted octanol–water partition coefficient (Wildman–Crippen LogP) is 5.82. The Morgan fingerprint density at radius 2 is 1.61 bits per heavy atom. The summed E-state index contributed by atoms with van der Waals surface area (Å²) in [5, 5.41) is 0. The molecule has 0 aliphatic heterocycles. The fraction of sp³-hybridized carbons (Fsp3) is 0.850. The summed E-state index contributed by atoms with van der Waals surface area (Å²) >= 11 is 0. The molecule has 1 atom stereocenters. The molecular weight excluding hydrogens is 288 g/mol. The number of hydrogen-bond donors (Lipinski definition) is 0. The smallest absolute Gasteiger partial charge is 0.305 e. The summed E-state index contributed by atoms with van der Waals surface area (Å²) in [7, 11) is 3.28. The van der Waals surface area contributed by atoms with E-state index in [4.69, 9.17) is 4.74 Å². The monoisotopic (exact) mass is 326 g/mol. The van der Waals surface area contributed by atoms with E-state index in [0.717, 1.165) is 25.7 Å². The van der Waals surface area contributed by atoms with Crippen molar-refractivity contribution in [3.8, 4) is 0 Å². The molecule has 0 aliphatic rings. The molecule has 3 nitrogen and oxygen atoms in total. The number of ether oxygens (including phenoxy) is 2. The first-order valence-electron chi connectivity index (χ1n) is 9.49. The topological polar surface area (TPSA) is 35.5 Å². The van der Waals surface area contributed by atoms with E-state index < -0.39 is 0 Å². The van der Waals surface area contributed by atoms with Crippen LogP contribution in [0, 0.1) is 0 Å². The number of esters is 1. The minimum absolute atomic E-state index is 0.0877. The molecule has 0 heterocycles. The second kappa shape index (κ2) is 17.5. The number of hydrogen-bond acceptors (Lipinski definition) is 3. The van der Waals surface area contributed by atoms with E-state index in [-0.39, 0.29) is 5.97 Å². The molecule has 0 rings (SSSR count). The van der Waals surface area contributed by atoms with Crippen molar-refractivity contribution in [2.75, 3.05) is 14.2 Å². The first kappa shape index (κ1) is 22.2. The molecule has 0 N–H and O–H groups in total. The first-order valence-corrected chi connectivity index (χ1v) is 9.49. The predicted molar refractivity (Wildman–Crippen MR) is 97.6 cm³/mol. The zero-order valence-corrected chi connectivity index (χ0v) is 15.6. The molecule has 0 unspecified atom stereocenters. The van der Waals surface area contributed by atoms with Crippen LogP contribution in [-0.2, 0) is 14.3 Å².